The maximum Gasteiger partial charge on any atom is 0.169 e. The summed E-state index contributed by atoms with van der Waals surface area (Å²) in [6, 6.07) is 20.0. The van der Waals surface area contributed by atoms with Gasteiger partial charge in [0.1, 0.15) is 41.4 Å². The summed E-state index contributed by atoms with van der Waals surface area (Å²) >= 11 is 0. The number of quaternary nitrogens is 2. The van der Waals surface area contributed by atoms with E-state index < -0.39 is 24.0 Å². The summed E-state index contributed by atoms with van der Waals surface area (Å²) in [4.78, 5) is 26.9. The molecule has 0 radical (unpaired) electrons. The molecule has 368 valence electrons. The highest BCUT2D eigenvalue weighted by atomic mass is 16.5. The van der Waals surface area contributed by atoms with Crippen LogP contribution in [-0.4, -0.2) is 81.5 Å². The predicted octanol–water partition coefficient (Wildman–Crippen LogP) is 9.92. The Morgan fingerprint density at radius 3 is 1.72 bits per heavy atom. The number of rotatable bonds is 21. The Morgan fingerprint density at radius 1 is 0.588 bits per heavy atom. The van der Waals surface area contributed by atoms with Gasteiger partial charge in [0.15, 0.2) is 23.0 Å². The first-order chi connectivity index (χ1) is 32.9. The first-order valence-electron chi connectivity index (χ1n) is 25.5. The molecule has 8 rings (SSSR count). The number of unbranched alkanes of at least 4 members (excludes halogenated alkanes) is 10. The molecule has 6 atom stereocenters. The third-order valence-corrected chi connectivity index (χ3v) is 15.8. The van der Waals surface area contributed by atoms with Gasteiger partial charge >= 0.3 is 0 Å². The standard InChI is InChI=1S/C57H76N2O9/c1-8-10-12-14-16-18-20-46(56(60)61)58(3)30-28-41-36-51(66-7)53-38-45(41)48(58)32-39-22-25-43(26-23-39)67-52-34-40(24-27-50(52)65-6)33-49-55-42(35-44(64-5)37-54(55)68-53)29-31-59(49,4)47(57(62)63)21-19-17-15-13-11-9-2/h22-27,34-38,46-49H,8-21,28-33H2,1-7H3. The number of ether oxygens (including phenoxy) is 5. The molecule has 4 heterocycles. The minimum atomic E-state index is -1.04. The van der Waals surface area contributed by atoms with Crippen LogP contribution in [0.5, 0.6) is 40.2 Å². The molecule has 68 heavy (non-hydrogen) atoms. The third kappa shape index (κ3) is 11.1. The molecule has 0 amide bonds. The first-order valence-corrected chi connectivity index (χ1v) is 25.5. The molecule has 0 saturated heterocycles. The molecule has 4 aromatic carbocycles. The number of methoxy groups -OCH3 is 3. The van der Waals surface area contributed by atoms with Gasteiger partial charge in [0.2, 0.25) is 0 Å². The predicted molar refractivity (Wildman–Crippen MR) is 262 cm³/mol. The van der Waals surface area contributed by atoms with E-state index in [4.69, 9.17) is 23.7 Å². The van der Waals surface area contributed by atoms with Crippen molar-refractivity contribution in [3.05, 3.63) is 100 Å². The Morgan fingerprint density at radius 2 is 1.13 bits per heavy atom. The van der Waals surface area contributed by atoms with E-state index in [2.05, 4.69) is 58.3 Å². The number of fused-ring (bicyclic) bond motifs is 2. The van der Waals surface area contributed by atoms with Crippen LogP contribution in [-0.2, 0) is 35.3 Å². The lowest BCUT2D eigenvalue weighted by Gasteiger charge is -2.51. The Labute approximate surface area is 405 Å². The highest BCUT2D eigenvalue weighted by molar-refractivity contribution is 5.70. The molecule has 6 bridgehead atoms. The van der Waals surface area contributed by atoms with Gasteiger partial charge in [-0.1, -0.05) is 96.3 Å². The van der Waals surface area contributed by atoms with Crippen molar-refractivity contribution in [2.24, 2.45) is 0 Å². The SMILES string of the molecule is CCCCCCCCC(C(=O)[O-])[N+]1(C)CCc2cc(OC)c3cc2C1Cc1ccc(cc1)Oc1cc(ccc1OC)CC1c2c(cc(OC)cc2O3)CC[N+]1(C)C(CCCCCCCC)C(=O)[O-]. The Balaban J connectivity index is 1.40. The van der Waals surface area contributed by atoms with Crippen LogP contribution in [0.3, 0.4) is 0 Å². The Hall–Kier alpha value is -5.26. The molecule has 0 spiro atoms. The number of carboxylic acids is 2. The van der Waals surface area contributed by atoms with Crippen molar-refractivity contribution in [2.75, 3.05) is 48.5 Å². The van der Waals surface area contributed by atoms with E-state index in [1.165, 1.54) is 12.8 Å². The maximum absolute atomic E-state index is 13.5. The Bertz CT molecular complexity index is 2350. The molecule has 4 aromatic rings. The number of carboxylic acid groups (broad SMARTS) is 2. The van der Waals surface area contributed by atoms with Crippen LogP contribution in [0.4, 0.5) is 0 Å². The summed E-state index contributed by atoms with van der Waals surface area (Å²) in [5.41, 5.74) is 6.04. The van der Waals surface area contributed by atoms with E-state index in [9.17, 15) is 19.8 Å². The fourth-order valence-electron chi connectivity index (χ4n) is 11.7. The lowest BCUT2D eigenvalue weighted by Crippen LogP contribution is -2.63. The van der Waals surface area contributed by atoms with Gasteiger partial charge in [0.05, 0.1) is 66.0 Å². The van der Waals surface area contributed by atoms with E-state index in [-0.39, 0.29) is 21.0 Å². The van der Waals surface area contributed by atoms with Crippen LogP contribution in [0.25, 0.3) is 0 Å². The van der Waals surface area contributed by atoms with Crippen LogP contribution in [0.15, 0.2) is 66.7 Å². The fourth-order valence-corrected chi connectivity index (χ4v) is 11.7. The van der Waals surface area contributed by atoms with E-state index in [1.54, 1.807) is 21.3 Å². The van der Waals surface area contributed by atoms with Crippen LogP contribution in [0.2, 0.25) is 0 Å². The van der Waals surface area contributed by atoms with Gasteiger partial charge in [0, 0.05) is 50.2 Å². The lowest BCUT2D eigenvalue weighted by atomic mass is 9.83. The van der Waals surface area contributed by atoms with Crippen molar-refractivity contribution in [3.63, 3.8) is 0 Å². The number of nitrogens with zero attached hydrogens (tertiary/aromatic N) is 2. The van der Waals surface area contributed by atoms with Gasteiger partial charge in [-0.15, -0.1) is 0 Å². The number of hydrogen-bond acceptors (Lipinski definition) is 9. The van der Waals surface area contributed by atoms with Crippen molar-refractivity contribution in [2.45, 2.75) is 154 Å². The molecule has 6 unspecified atom stereocenters. The van der Waals surface area contributed by atoms with Crippen molar-refractivity contribution < 1.29 is 52.5 Å². The van der Waals surface area contributed by atoms with Gasteiger partial charge < -0.3 is 52.5 Å². The fraction of sp³-hybridized carbons (Fsp3) is 0.544. The maximum atomic E-state index is 13.5. The smallest absolute Gasteiger partial charge is 0.169 e. The van der Waals surface area contributed by atoms with Gasteiger partial charge in [0.25, 0.3) is 0 Å². The molecule has 4 aliphatic rings. The number of benzene rings is 4. The molecule has 0 aliphatic carbocycles. The number of likely N-dealkylation sites (N-methyl/N-ethyl adjacent to an activating group) is 2. The molecule has 0 aromatic heterocycles. The number of aliphatic carboxylic acids is 2. The van der Waals surface area contributed by atoms with Crippen LogP contribution < -0.4 is 33.9 Å². The van der Waals surface area contributed by atoms with E-state index >= 15 is 0 Å². The van der Waals surface area contributed by atoms with Gasteiger partial charge in [-0.25, -0.2) is 0 Å². The molecular formula is C57H76N2O9. The average molecular weight is 933 g/mol. The molecule has 0 saturated carbocycles. The Kier molecular flexibility index (Phi) is 17.0. The summed E-state index contributed by atoms with van der Waals surface area (Å²) in [5, 5.41) is 26.9. The topological polar surface area (TPSA) is 126 Å². The van der Waals surface area contributed by atoms with Gasteiger partial charge in [-0.05, 0) is 77.6 Å². The quantitative estimate of drug-likeness (QED) is 0.0593. The van der Waals surface area contributed by atoms with Crippen molar-refractivity contribution >= 4 is 11.9 Å². The third-order valence-electron chi connectivity index (χ3n) is 15.8. The summed E-state index contributed by atoms with van der Waals surface area (Å²) in [6.07, 6.45) is 16.0. The molecule has 11 nitrogen and oxygen atoms in total. The number of carbonyl (C=O) groups is 2. The largest absolute Gasteiger partial charge is 0.544 e. The van der Waals surface area contributed by atoms with Crippen molar-refractivity contribution in [1.29, 1.82) is 0 Å². The summed E-state index contributed by atoms with van der Waals surface area (Å²) in [6.45, 7) is 5.59. The summed E-state index contributed by atoms with van der Waals surface area (Å²) in [5.74, 6) is 1.95. The van der Waals surface area contributed by atoms with Gasteiger partial charge in [-0.3, -0.25) is 0 Å². The van der Waals surface area contributed by atoms with Crippen LogP contribution >= 0.6 is 0 Å². The highest BCUT2D eigenvalue weighted by Crippen LogP contribution is 2.51. The number of carbonyl (C=O) groups excluding carboxylic acids is 2. The lowest BCUT2D eigenvalue weighted by molar-refractivity contribution is -0.958. The molecule has 0 fully saturated rings. The molecule has 0 N–H and O–H groups in total. The zero-order valence-electron chi connectivity index (χ0n) is 41.9. The normalized spacial score (nSPS) is 21.5. The van der Waals surface area contributed by atoms with E-state index in [0.717, 1.165) is 97.6 Å². The molecular weight excluding hydrogens is 857 g/mol. The van der Waals surface area contributed by atoms with Crippen molar-refractivity contribution in [1.82, 2.24) is 0 Å². The van der Waals surface area contributed by atoms with Crippen molar-refractivity contribution in [3.8, 4) is 40.2 Å². The molecule has 11 heteroatoms. The molecule has 4 aliphatic heterocycles. The van der Waals surface area contributed by atoms with E-state index in [1.807, 2.05) is 36.4 Å². The number of hydrogen-bond donors (Lipinski definition) is 0. The zero-order valence-corrected chi connectivity index (χ0v) is 41.9. The summed E-state index contributed by atoms with van der Waals surface area (Å²) < 4.78 is 32.3. The second-order valence-electron chi connectivity index (χ2n) is 20.1. The second-order valence-corrected chi connectivity index (χ2v) is 20.1. The highest BCUT2D eigenvalue weighted by Gasteiger charge is 2.48. The first kappa shape index (κ1) is 50.6. The monoisotopic (exact) mass is 933 g/mol. The summed E-state index contributed by atoms with van der Waals surface area (Å²) in [7, 11) is 9.10. The minimum absolute atomic E-state index is 0.221. The average Bonchev–Trinajstić information content (AvgIpc) is 3.32. The van der Waals surface area contributed by atoms with Crippen LogP contribution in [0, 0.1) is 0 Å². The second kappa shape index (κ2) is 22.9. The minimum Gasteiger partial charge on any atom is -0.544 e. The van der Waals surface area contributed by atoms with E-state index in [0.29, 0.717) is 91.9 Å². The zero-order chi connectivity index (χ0) is 48.4. The van der Waals surface area contributed by atoms with Crippen LogP contribution in [0.1, 0.15) is 149 Å². The van der Waals surface area contributed by atoms with Gasteiger partial charge in [-0.2, -0.15) is 0 Å².